The highest BCUT2D eigenvalue weighted by Crippen LogP contribution is 2.41. The first kappa shape index (κ1) is 24.2. The van der Waals surface area contributed by atoms with Crippen molar-refractivity contribution < 1.29 is 23.8 Å². The minimum absolute atomic E-state index is 0.0690. The van der Waals surface area contributed by atoms with Crippen LogP contribution < -0.4 is 4.74 Å². The molecule has 0 spiro atoms. The first-order valence-corrected chi connectivity index (χ1v) is 11.5. The summed E-state index contributed by atoms with van der Waals surface area (Å²) in [5, 5.41) is 9.87. The minimum Gasteiger partial charge on any atom is -0.489 e. The number of esters is 1. The number of piperidine rings is 1. The van der Waals surface area contributed by atoms with Crippen LogP contribution in [-0.4, -0.2) is 47.9 Å². The Balaban J connectivity index is 1.73. The Morgan fingerprint density at radius 1 is 1.22 bits per heavy atom. The van der Waals surface area contributed by atoms with Gasteiger partial charge in [0.2, 0.25) is 0 Å². The summed E-state index contributed by atoms with van der Waals surface area (Å²) < 4.78 is 17.0. The van der Waals surface area contributed by atoms with Gasteiger partial charge in [-0.2, -0.15) is 5.26 Å². The predicted molar refractivity (Wildman–Crippen MR) is 119 cm³/mol. The van der Waals surface area contributed by atoms with Crippen LogP contribution in [0.25, 0.3) is 0 Å². The number of ether oxygens (including phenoxy) is 3. The maximum absolute atomic E-state index is 12.8. The van der Waals surface area contributed by atoms with E-state index >= 15 is 0 Å². The van der Waals surface area contributed by atoms with E-state index in [1.165, 1.54) is 0 Å². The van der Waals surface area contributed by atoms with E-state index in [4.69, 9.17) is 25.8 Å². The van der Waals surface area contributed by atoms with Gasteiger partial charge in [0.05, 0.1) is 18.3 Å². The van der Waals surface area contributed by atoms with Gasteiger partial charge in [-0.3, -0.25) is 4.90 Å². The Morgan fingerprint density at radius 2 is 1.97 bits per heavy atom. The number of nitriles is 1. The normalized spacial score (nSPS) is 25.3. The van der Waals surface area contributed by atoms with E-state index in [9.17, 15) is 14.9 Å². The molecule has 1 aromatic rings. The van der Waals surface area contributed by atoms with Crippen molar-refractivity contribution in [1.29, 1.82) is 5.26 Å². The molecule has 0 N–H and O–H groups in total. The maximum atomic E-state index is 12.8. The van der Waals surface area contributed by atoms with Gasteiger partial charge in [-0.1, -0.05) is 11.6 Å². The van der Waals surface area contributed by atoms with Gasteiger partial charge in [-0.15, -0.1) is 0 Å². The van der Waals surface area contributed by atoms with Gasteiger partial charge in [-0.25, -0.2) is 9.59 Å². The monoisotopic (exact) mass is 462 g/mol. The Labute approximate surface area is 194 Å². The molecule has 4 atom stereocenters. The zero-order valence-electron chi connectivity index (χ0n) is 19.1. The molecule has 0 unspecified atom stereocenters. The summed E-state index contributed by atoms with van der Waals surface area (Å²) in [4.78, 5) is 27.1. The molecule has 1 aliphatic heterocycles. The molecule has 32 heavy (non-hydrogen) atoms. The minimum atomic E-state index is -0.671. The third kappa shape index (κ3) is 5.86. The van der Waals surface area contributed by atoms with Crippen molar-refractivity contribution in [2.24, 2.45) is 11.8 Å². The molecule has 1 aromatic carbocycles. The smallest absolute Gasteiger partial charge is 0.411 e. The molecule has 1 heterocycles. The number of fused-ring (bicyclic) bond motifs is 1. The molecule has 7 nitrogen and oxygen atoms in total. The Morgan fingerprint density at radius 3 is 2.62 bits per heavy atom. The number of halogens is 1. The SMILES string of the molecule is CCOC(=O)[C@@H]1C[C@@H]2C[C@@H](Oc3ccc(Cl)cc3C#N)CC[C@H]2CN1C(=O)OC(C)(C)C. The van der Waals surface area contributed by atoms with Crippen LogP contribution in [0.15, 0.2) is 18.2 Å². The number of hydrogen-bond acceptors (Lipinski definition) is 6. The van der Waals surface area contributed by atoms with Gasteiger partial charge in [0.1, 0.15) is 23.5 Å². The number of hydrogen-bond donors (Lipinski definition) is 0. The Bertz CT molecular complexity index is 891. The number of carbonyl (C=O) groups is 2. The van der Waals surface area contributed by atoms with Crippen molar-refractivity contribution in [2.45, 2.75) is 71.1 Å². The van der Waals surface area contributed by atoms with Gasteiger partial charge in [0.15, 0.2) is 0 Å². The van der Waals surface area contributed by atoms with E-state index in [1.807, 2.05) is 20.8 Å². The van der Waals surface area contributed by atoms with E-state index in [-0.39, 0.29) is 24.5 Å². The second-order valence-corrected chi connectivity index (χ2v) is 9.90. The van der Waals surface area contributed by atoms with Crippen molar-refractivity contribution in [3.8, 4) is 11.8 Å². The lowest BCUT2D eigenvalue weighted by Gasteiger charge is -2.46. The molecule has 2 aliphatic rings. The van der Waals surface area contributed by atoms with Crippen LogP contribution in [0.5, 0.6) is 5.75 Å². The van der Waals surface area contributed by atoms with Crippen molar-refractivity contribution in [1.82, 2.24) is 4.90 Å². The molecule has 2 fully saturated rings. The Kier molecular flexibility index (Phi) is 7.55. The van der Waals surface area contributed by atoms with Crippen molar-refractivity contribution >= 4 is 23.7 Å². The molecule has 1 saturated heterocycles. The third-order valence-corrected chi connectivity index (χ3v) is 6.20. The molecule has 174 valence electrons. The zero-order chi connectivity index (χ0) is 23.5. The summed E-state index contributed by atoms with van der Waals surface area (Å²) in [6, 6.07) is 6.48. The lowest BCUT2D eigenvalue weighted by Crippen LogP contribution is -2.56. The third-order valence-electron chi connectivity index (χ3n) is 5.97. The molecule has 1 aliphatic carbocycles. The largest absolute Gasteiger partial charge is 0.489 e. The summed E-state index contributed by atoms with van der Waals surface area (Å²) >= 11 is 5.99. The molecule has 0 aromatic heterocycles. The summed E-state index contributed by atoms with van der Waals surface area (Å²) in [5.74, 6) is 0.589. The highest BCUT2D eigenvalue weighted by atomic mass is 35.5. The van der Waals surface area contributed by atoms with Gasteiger partial charge in [0.25, 0.3) is 0 Å². The van der Waals surface area contributed by atoms with Crippen molar-refractivity contribution in [3.05, 3.63) is 28.8 Å². The van der Waals surface area contributed by atoms with E-state index in [2.05, 4.69) is 6.07 Å². The molecule has 3 rings (SSSR count). The van der Waals surface area contributed by atoms with E-state index in [1.54, 1.807) is 30.0 Å². The number of rotatable bonds is 4. The lowest BCUT2D eigenvalue weighted by atomic mass is 9.72. The number of nitrogens with zero attached hydrogens (tertiary/aromatic N) is 2. The van der Waals surface area contributed by atoms with Gasteiger partial charge < -0.3 is 14.2 Å². The Hall–Kier alpha value is -2.46. The molecular formula is C24H31ClN2O5. The summed E-state index contributed by atoms with van der Waals surface area (Å²) in [7, 11) is 0. The van der Waals surface area contributed by atoms with Crippen molar-refractivity contribution in [3.63, 3.8) is 0 Å². The van der Waals surface area contributed by atoms with Crippen LogP contribution in [0.1, 0.15) is 58.9 Å². The standard InChI is InChI=1S/C24H31ClN2O5/c1-5-30-22(28)20-12-16-11-19(31-21-9-7-18(25)10-17(21)13-26)8-6-15(16)14-27(20)23(29)32-24(2,3)4/h7,9-10,15-16,19-20H,5-6,8,11-12,14H2,1-4H3/t15-,16-,19-,20-/m0/s1. The quantitative estimate of drug-likeness (QED) is 0.588. The number of benzene rings is 1. The van der Waals surface area contributed by atoms with E-state index < -0.39 is 23.7 Å². The van der Waals surface area contributed by atoms with Crippen LogP contribution in [0, 0.1) is 23.2 Å². The summed E-state index contributed by atoms with van der Waals surface area (Å²) in [5.41, 5.74) is -0.237. The number of amides is 1. The molecule has 0 bridgehead atoms. The van der Waals surface area contributed by atoms with E-state index in [0.29, 0.717) is 29.3 Å². The van der Waals surface area contributed by atoms with Gasteiger partial charge >= 0.3 is 12.1 Å². The summed E-state index contributed by atoms with van der Waals surface area (Å²) in [6.45, 7) is 7.90. The van der Waals surface area contributed by atoms with Gasteiger partial charge in [0, 0.05) is 11.6 Å². The molecule has 8 heteroatoms. The van der Waals surface area contributed by atoms with E-state index in [0.717, 1.165) is 19.3 Å². The van der Waals surface area contributed by atoms with Crippen LogP contribution in [0.4, 0.5) is 4.79 Å². The average molecular weight is 463 g/mol. The highest BCUT2D eigenvalue weighted by Gasteiger charge is 2.45. The van der Waals surface area contributed by atoms with Crippen molar-refractivity contribution in [2.75, 3.05) is 13.2 Å². The van der Waals surface area contributed by atoms with Gasteiger partial charge in [-0.05, 0) is 83.4 Å². The predicted octanol–water partition coefficient (Wildman–Crippen LogP) is 4.95. The maximum Gasteiger partial charge on any atom is 0.411 e. The van der Waals surface area contributed by atoms with Crippen LogP contribution in [-0.2, 0) is 14.3 Å². The fraction of sp³-hybridized carbons (Fsp3) is 0.625. The van der Waals surface area contributed by atoms with Crippen LogP contribution in [0.3, 0.4) is 0 Å². The van der Waals surface area contributed by atoms with Crippen LogP contribution in [0.2, 0.25) is 5.02 Å². The number of carbonyl (C=O) groups excluding carboxylic acids is 2. The second kappa shape index (κ2) is 9.99. The number of likely N-dealkylation sites (tertiary alicyclic amines) is 1. The lowest BCUT2D eigenvalue weighted by molar-refractivity contribution is -0.153. The zero-order valence-corrected chi connectivity index (χ0v) is 19.9. The summed E-state index contributed by atoms with van der Waals surface area (Å²) in [6.07, 6.45) is 2.37. The topological polar surface area (TPSA) is 88.9 Å². The molecule has 1 amide bonds. The molecule has 0 radical (unpaired) electrons. The molecular weight excluding hydrogens is 432 g/mol. The average Bonchev–Trinajstić information content (AvgIpc) is 2.72. The van der Waals surface area contributed by atoms with Crippen LogP contribution >= 0.6 is 11.6 Å². The first-order valence-electron chi connectivity index (χ1n) is 11.1. The fourth-order valence-corrected chi connectivity index (χ4v) is 4.74. The highest BCUT2D eigenvalue weighted by molar-refractivity contribution is 6.30. The second-order valence-electron chi connectivity index (χ2n) is 9.46. The molecule has 1 saturated carbocycles. The fourth-order valence-electron chi connectivity index (χ4n) is 4.57. The first-order chi connectivity index (χ1) is 15.1.